The number of benzene rings is 1. The minimum atomic E-state index is 0.850. The Labute approximate surface area is 119 Å². The highest BCUT2D eigenvalue weighted by atomic mass is 32.2. The van der Waals surface area contributed by atoms with Gasteiger partial charge in [0.15, 0.2) is 11.5 Å². The lowest BCUT2D eigenvalue weighted by molar-refractivity contribution is 0.229. The van der Waals surface area contributed by atoms with Crippen molar-refractivity contribution in [3.8, 4) is 11.5 Å². The van der Waals surface area contributed by atoms with Crippen molar-refractivity contribution in [3.05, 3.63) is 17.7 Å². The number of hydrogen-bond donors (Lipinski definition) is 1. The van der Waals surface area contributed by atoms with Crippen molar-refractivity contribution in [2.45, 2.75) is 11.4 Å². The molecule has 5 heteroatoms. The molecule has 1 aromatic carbocycles. The summed E-state index contributed by atoms with van der Waals surface area (Å²) in [4.78, 5) is 3.55. The molecule has 1 aliphatic heterocycles. The highest BCUT2D eigenvalue weighted by molar-refractivity contribution is 7.98. The van der Waals surface area contributed by atoms with Crippen LogP contribution in [0.15, 0.2) is 17.0 Å². The number of piperazine rings is 1. The van der Waals surface area contributed by atoms with Gasteiger partial charge in [-0.3, -0.25) is 4.90 Å². The Hall–Kier alpha value is -0.910. The van der Waals surface area contributed by atoms with Crippen LogP contribution < -0.4 is 14.8 Å². The van der Waals surface area contributed by atoms with E-state index < -0.39 is 0 Å². The number of rotatable bonds is 5. The van der Waals surface area contributed by atoms with Crippen molar-refractivity contribution in [3.63, 3.8) is 0 Å². The first-order valence-corrected chi connectivity index (χ1v) is 7.73. The molecule has 0 spiro atoms. The Bertz CT molecular complexity index is 420. The molecule has 1 aliphatic rings. The van der Waals surface area contributed by atoms with Gasteiger partial charge in [0.1, 0.15) is 0 Å². The van der Waals surface area contributed by atoms with E-state index in [1.807, 2.05) is 6.26 Å². The first kappa shape index (κ1) is 14.5. The maximum absolute atomic E-state index is 5.57. The minimum Gasteiger partial charge on any atom is -0.492 e. The van der Waals surface area contributed by atoms with Crippen molar-refractivity contribution >= 4 is 11.8 Å². The number of thioether (sulfide) groups is 1. The third kappa shape index (κ3) is 3.35. The smallest absolute Gasteiger partial charge is 0.174 e. The van der Waals surface area contributed by atoms with E-state index in [1.165, 1.54) is 5.56 Å². The average molecular weight is 282 g/mol. The first-order chi connectivity index (χ1) is 9.30. The third-order valence-electron chi connectivity index (χ3n) is 3.39. The van der Waals surface area contributed by atoms with E-state index in [1.54, 1.807) is 26.0 Å². The summed E-state index contributed by atoms with van der Waals surface area (Å²) < 4.78 is 11.1. The maximum atomic E-state index is 5.57. The molecule has 0 radical (unpaired) electrons. The molecule has 1 saturated heterocycles. The summed E-state index contributed by atoms with van der Waals surface area (Å²) in [7, 11) is 3.41. The maximum Gasteiger partial charge on any atom is 0.174 e. The van der Waals surface area contributed by atoms with Crippen LogP contribution in [0.4, 0.5) is 0 Å². The van der Waals surface area contributed by atoms with Gasteiger partial charge in [-0.05, 0) is 12.3 Å². The van der Waals surface area contributed by atoms with Crippen LogP contribution in [0.25, 0.3) is 0 Å². The standard InChI is InChI=1S/C14H22N2O2S/c1-17-13-11(10-16-8-6-15-7-9-16)4-5-12(19-3)14(13)18-2/h4-5,15H,6-10H2,1-3H3. The fraction of sp³-hybridized carbons (Fsp3) is 0.571. The van der Waals surface area contributed by atoms with E-state index in [-0.39, 0.29) is 0 Å². The highest BCUT2D eigenvalue weighted by Gasteiger charge is 2.17. The summed E-state index contributed by atoms with van der Waals surface area (Å²) in [6, 6.07) is 4.26. The van der Waals surface area contributed by atoms with Crippen LogP contribution in [0.3, 0.4) is 0 Å². The second-order valence-corrected chi connectivity index (χ2v) is 5.37. The Morgan fingerprint density at radius 1 is 1.16 bits per heavy atom. The van der Waals surface area contributed by atoms with Crippen molar-refractivity contribution in [2.24, 2.45) is 0 Å². The van der Waals surface area contributed by atoms with Gasteiger partial charge >= 0.3 is 0 Å². The second-order valence-electron chi connectivity index (χ2n) is 4.52. The molecule has 1 fully saturated rings. The summed E-state index contributed by atoms with van der Waals surface area (Å²) >= 11 is 1.68. The van der Waals surface area contributed by atoms with Gasteiger partial charge in [0.05, 0.1) is 19.1 Å². The van der Waals surface area contributed by atoms with Crippen LogP contribution in [0.2, 0.25) is 0 Å². The van der Waals surface area contributed by atoms with Gasteiger partial charge in [0.25, 0.3) is 0 Å². The van der Waals surface area contributed by atoms with Crippen molar-refractivity contribution < 1.29 is 9.47 Å². The van der Waals surface area contributed by atoms with Gasteiger partial charge in [-0.25, -0.2) is 0 Å². The molecule has 0 aliphatic carbocycles. The van der Waals surface area contributed by atoms with Crippen molar-refractivity contribution in [1.29, 1.82) is 0 Å². The van der Waals surface area contributed by atoms with E-state index in [0.29, 0.717) is 0 Å². The largest absolute Gasteiger partial charge is 0.492 e. The van der Waals surface area contributed by atoms with E-state index in [2.05, 4.69) is 22.3 Å². The van der Waals surface area contributed by atoms with Gasteiger partial charge in [-0.2, -0.15) is 0 Å². The molecular weight excluding hydrogens is 260 g/mol. The summed E-state index contributed by atoms with van der Waals surface area (Å²) in [5, 5.41) is 3.37. The molecular formula is C14H22N2O2S. The Balaban J connectivity index is 2.23. The lowest BCUT2D eigenvalue weighted by atomic mass is 10.1. The minimum absolute atomic E-state index is 0.850. The molecule has 0 atom stereocenters. The molecule has 0 bridgehead atoms. The van der Waals surface area contributed by atoms with E-state index in [9.17, 15) is 0 Å². The second kappa shape index (κ2) is 7.03. The van der Waals surface area contributed by atoms with E-state index in [4.69, 9.17) is 9.47 Å². The number of hydrogen-bond acceptors (Lipinski definition) is 5. The summed E-state index contributed by atoms with van der Waals surface area (Å²) in [5.41, 5.74) is 1.19. The number of methoxy groups -OCH3 is 2. The molecule has 1 heterocycles. The van der Waals surface area contributed by atoms with Crippen LogP contribution >= 0.6 is 11.8 Å². The molecule has 0 amide bonds. The molecule has 0 saturated carbocycles. The molecule has 1 N–H and O–H groups in total. The average Bonchev–Trinajstić information content (AvgIpc) is 2.47. The monoisotopic (exact) mass is 282 g/mol. The quantitative estimate of drug-likeness (QED) is 0.833. The van der Waals surface area contributed by atoms with Gasteiger partial charge < -0.3 is 14.8 Å². The van der Waals surface area contributed by atoms with Crippen molar-refractivity contribution in [2.75, 3.05) is 46.7 Å². The molecule has 19 heavy (non-hydrogen) atoms. The fourth-order valence-corrected chi connectivity index (χ4v) is 2.96. The van der Waals surface area contributed by atoms with Gasteiger partial charge in [-0.15, -0.1) is 11.8 Å². The van der Waals surface area contributed by atoms with E-state index >= 15 is 0 Å². The Kier molecular flexibility index (Phi) is 5.36. The lowest BCUT2D eigenvalue weighted by Gasteiger charge is -2.28. The lowest BCUT2D eigenvalue weighted by Crippen LogP contribution is -2.42. The molecule has 0 unspecified atom stereocenters. The zero-order valence-corrected chi connectivity index (χ0v) is 12.7. The molecule has 1 aromatic rings. The van der Waals surface area contributed by atoms with Gasteiger partial charge in [0, 0.05) is 38.3 Å². The summed E-state index contributed by atoms with van der Waals surface area (Å²) in [6.07, 6.45) is 2.05. The predicted molar refractivity (Wildman–Crippen MR) is 79.5 cm³/mol. The molecule has 2 rings (SSSR count). The summed E-state index contributed by atoms with van der Waals surface area (Å²) in [5.74, 6) is 1.72. The first-order valence-electron chi connectivity index (χ1n) is 6.51. The van der Waals surface area contributed by atoms with Crippen LogP contribution in [0.5, 0.6) is 11.5 Å². The normalized spacial score (nSPS) is 16.4. The van der Waals surface area contributed by atoms with Crippen LogP contribution in [0.1, 0.15) is 5.56 Å². The Morgan fingerprint density at radius 3 is 2.42 bits per heavy atom. The highest BCUT2D eigenvalue weighted by Crippen LogP contribution is 2.39. The third-order valence-corrected chi connectivity index (χ3v) is 4.15. The van der Waals surface area contributed by atoms with Crippen molar-refractivity contribution in [1.82, 2.24) is 10.2 Å². The zero-order valence-electron chi connectivity index (χ0n) is 11.9. The van der Waals surface area contributed by atoms with E-state index in [0.717, 1.165) is 49.1 Å². The fourth-order valence-electron chi connectivity index (χ4n) is 2.40. The Morgan fingerprint density at radius 2 is 1.84 bits per heavy atom. The van der Waals surface area contributed by atoms with Crippen LogP contribution in [-0.4, -0.2) is 51.6 Å². The number of nitrogens with zero attached hydrogens (tertiary/aromatic N) is 1. The summed E-state index contributed by atoms with van der Waals surface area (Å²) in [6.45, 7) is 5.19. The van der Waals surface area contributed by atoms with Gasteiger partial charge in [0.2, 0.25) is 0 Å². The predicted octanol–water partition coefficient (Wildman–Crippen LogP) is 1.83. The molecule has 4 nitrogen and oxygen atoms in total. The van der Waals surface area contributed by atoms with Crippen LogP contribution in [0, 0.1) is 0 Å². The SMILES string of the molecule is COc1c(CN2CCNCC2)ccc(SC)c1OC. The molecule has 0 aromatic heterocycles. The van der Waals surface area contributed by atoms with Crippen LogP contribution in [-0.2, 0) is 6.54 Å². The number of ether oxygens (including phenoxy) is 2. The number of nitrogens with one attached hydrogen (secondary N) is 1. The molecule has 106 valence electrons. The topological polar surface area (TPSA) is 33.7 Å². The van der Waals surface area contributed by atoms with Gasteiger partial charge in [-0.1, -0.05) is 6.07 Å². The zero-order chi connectivity index (χ0) is 13.7.